The fraction of sp³-hybridized carbons (Fsp3) is 0.393. The number of aromatic nitrogens is 1. The molecule has 1 fully saturated rings. The average molecular weight is 492 g/mol. The Morgan fingerprint density at radius 3 is 2.67 bits per heavy atom. The first-order chi connectivity index (χ1) is 17.4. The summed E-state index contributed by atoms with van der Waals surface area (Å²) in [5, 5.41) is 9.91. The predicted octanol–water partition coefficient (Wildman–Crippen LogP) is 4.31. The molecule has 0 radical (unpaired) electrons. The zero-order valence-electron chi connectivity index (χ0n) is 21.1. The predicted molar refractivity (Wildman–Crippen MR) is 135 cm³/mol. The highest BCUT2D eigenvalue weighted by Gasteiger charge is 2.29. The summed E-state index contributed by atoms with van der Waals surface area (Å²) in [6, 6.07) is 12.4. The summed E-state index contributed by atoms with van der Waals surface area (Å²) >= 11 is 0. The number of aryl methyl sites for hydroxylation is 1. The molecule has 2 amide bonds. The van der Waals surface area contributed by atoms with Crippen LogP contribution in [-0.2, 0) is 17.8 Å². The highest BCUT2D eigenvalue weighted by molar-refractivity contribution is 5.95. The standard InChI is InChI=1S/C28H33N3O5/c1-4-35-25-16-20(8-10-24(25)32)17-26(33)31-13-11-21(12-14-31)27-23(9-7-19(2)29-27)28(34)30(3)18-22-6-5-15-36-22/h5-10,15-16,21,32H,4,11-14,17-18H2,1-3H3. The normalized spacial score (nSPS) is 14.0. The highest BCUT2D eigenvalue weighted by atomic mass is 16.5. The number of aromatic hydroxyl groups is 1. The molecule has 8 nitrogen and oxygen atoms in total. The zero-order valence-corrected chi connectivity index (χ0v) is 21.1. The Hall–Kier alpha value is -3.81. The number of hydrogen-bond donors (Lipinski definition) is 1. The molecule has 3 aromatic rings. The van der Waals surface area contributed by atoms with E-state index in [1.54, 1.807) is 42.5 Å². The van der Waals surface area contributed by atoms with Crippen LogP contribution in [0.15, 0.2) is 53.1 Å². The first-order valence-electron chi connectivity index (χ1n) is 12.3. The molecule has 0 aliphatic carbocycles. The van der Waals surface area contributed by atoms with Gasteiger partial charge in [0, 0.05) is 31.7 Å². The second kappa shape index (κ2) is 11.3. The summed E-state index contributed by atoms with van der Waals surface area (Å²) in [5.74, 6) is 1.23. The van der Waals surface area contributed by atoms with Crippen molar-refractivity contribution in [3.8, 4) is 11.5 Å². The molecular weight excluding hydrogens is 458 g/mol. The Labute approximate surface area is 211 Å². The van der Waals surface area contributed by atoms with Crippen LogP contribution in [0.5, 0.6) is 11.5 Å². The number of hydrogen-bond acceptors (Lipinski definition) is 6. The lowest BCUT2D eigenvalue weighted by molar-refractivity contribution is -0.131. The molecule has 1 aliphatic heterocycles. The summed E-state index contributed by atoms with van der Waals surface area (Å²) < 4.78 is 10.8. The van der Waals surface area contributed by atoms with Crippen LogP contribution in [0.2, 0.25) is 0 Å². The smallest absolute Gasteiger partial charge is 0.255 e. The van der Waals surface area contributed by atoms with Crippen molar-refractivity contribution in [2.75, 3.05) is 26.7 Å². The molecule has 190 valence electrons. The van der Waals surface area contributed by atoms with Crippen LogP contribution in [-0.4, -0.2) is 58.4 Å². The minimum atomic E-state index is -0.0927. The number of phenolic OH excluding ortho intramolecular Hbond substituents is 1. The minimum absolute atomic E-state index is 0.0354. The number of likely N-dealkylation sites (tertiary alicyclic amines) is 1. The van der Waals surface area contributed by atoms with Gasteiger partial charge in [-0.05, 0) is 68.7 Å². The second-order valence-electron chi connectivity index (χ2n) is 9.19. The van der Waals surface area contributed by atoms with Gasteiger partial charge in [0.15, 0.2) is 11.5 Å². The lowest BCUT2D eigenvalue weighted by atomic mass is 9.89. The molecule has 8 heteroatoms. The van der Waals surface area contributed by atoms with E-state index in [2.05, 4.69) is 0 Å². The number of rotatable bonds is 8. The van der Waals surface area contributed by atoms with Crippen LogP contribution in [0.1, 0.15) is 58.8 Å². The molecule has 1 aromatic carbocycles. The summed E-state index contributed by atoms with van der Waals surface area (Å²) in [6.45, 7) is 5.80. The van der Waals surface area contributed by atoms with Gasteiger partial charge in [-0.1, -0.05) is 6.07 Å². The number of carbonyl (C=O) groups is 2. The molecule has 4 rings (SSSR count). The number of amides is 2. The van der Waals surface area contributed by atoms with E-state index in [9.17, 15) is 14.7 Å². The Bertz CT molecular complexity index is 1200. The zero-order chi connectivity index (χ0) is 25.7. The number of pyridine rings is 1. The maximum absolute atomic E-state index is 13.3. The highest BCUT2D eigenvalue weighted by Crippen LogP contribution is 2.31. The third-order valence-electron chi connectivity index (χ3n) is 6.53. The molecule has 2 aromatic heterocycles. The molecule has 1 aliphatic rings. The fourth-order valence-electron chi connectivity index (χ4n) is 4.61. The van der Waals surface area contributed by atoms with Gasteiger partial charge in [0.1, 0.15) is 5.76 Å². The topological polar surface area (TPSA) is 96.1 Å². The third kappa shape index (κ3) is 5.87. The van der Waals surface area contributed by atoms with Gasteiger partial charge in [-0.25, -0.2) is 0 Å². The summed E-state index contributed by atoms with van der Waals surface area (Å²) in [7, 11) is 1.76. The van der Waals surface area contributed by atoms with E-state index in [-0.39, 0.29) is 29.9 Å². The first-order valence-corrected chi connectivity index (χ1v) is 12.3. The number of furan rings is 1. The maximum Gasteiger partial charge on any atom is 0.255 e. The number of ether oxygens (including phenoxy) is 1. The molecule has 1 saturated heterocycles. The number of phenols is 1. The van der Waals surface area contributed by atoms with Crippen molar-refractivity contribution in [3.63, 3.8) is 0 Å². The van der Waals surface area contributed by atoms with Crippen molar-refractivity contribution in [1.29, 1.82) is 0 Å². The van der Waals surface area contributed by atoms with Gasteiger partial charge >= 0.3 is 0 Å². The van der Waals surface area contributed by atoms with Crippen molar-refractivity contribution in [2.24, 2.45) is 0 Å². The van der Waals surface area contributed by atoms with E-state index in [0.29, 0.717) is 37.6 Å². The van der Waals surface area contributed by atoms with Gasteiger partial charge < -0.3 is 24.1 Å². The summed E-state index contributed by atoms with van der Waals surface area (Å²) in [5.41, 5.74) is 3.08. The van der Waals surface area contributed by atoms with Gasteiger partial charge in [0.2, 0.25) is 5.91 Å². The fourth-order valence-corrected chi connectivity index (χ4v) is 4.61. The molecular formula is C28H33N3O5. The van der Waals surface area contributed by atoms with Gasteiger partial charge in [0.25, 0.3) is 5.91 Å². The van der Waals surface area contributed by atoms with Crippen LogP contribution < -0.4 is 4.74 Å². The number of piperidine rings is 1. The van der Waals surface area contributed by atoms with E-state index < -0.39 is 0 Å². The maximum atomic E-state index is 13.3. The second-order valence-corrected chi connectivity index (χ2v) is 9.19. The Kier molecular flexibility index (Phi) is 7.93. The Morgan fingerprint density at radius 2 is 1.97 bits per heavy atom. The van der Waals surface area contributed by atoms with Crippen molar-refractivity contribution >= 4 is 11.8 Å². The average Bonchev–Trinajstić information content (AvgIpc) is 3.39. The van der Waals surface area contributed by atoms with Crippen molar-refractivity contribution in [3.05, 3.63) is 77.0 Å². The van der Waals surface area contributed by atoms with Crippen molar-refractivity contribution < 1.29 is 23.8 Å². The van der Waals surface area contributed by atoms with Crippen molar-refractivity contribution in [1.82, 2.24) is 14.8 Å². The monoisotopic (exact) mass is 491 g/mol. The van der Waals surface area contributed by atoms with Crippen LogP contribution in [0.4, 0.5) is 0 Å². The molecule has 0 saturated carbocycles. The molecule has 3 heterocycles. The number of nitrogens with zero attached hydrogens (tertiary/aromatic N) is 3. The van der Waals surface area contributed by atoms with Crippen LogP contribution in [0.25, 0.3) is 0 Å². The van der Waals surface area contributed by atoms with E-state index in [1.807, 2.05) is 36.9 Å². The molecule has 0 unspecified atom stereocenters. The van der Waals surface area contributed by atoms with Crippen LogP contribution in [0, 0.1) is 6.92 Å². The number of carbonyl (C=O) groups excluding carboxylic acids is 2. The Balaban J connectivity index is 1.41. The van der Waals surface area contributed by atoms with E-state index in [1.165, 1.54) is 0 Å². The lowest BCUT2D eigenvalue weighted by Crippen LogP contribution is -2.39. The van der Waals surface area contributed by atoms with E-state index in [0.717, 1.165) is 35.6 Å². The third-order valence-corrected chi connectivity index (χ3v) is 6.53. The van der Waals surface area contributed by atoms with Gasteiger partial charge in [-0.2, -0.15) is 0 Å². The molecule has 0 atom stereocenters. The van der Waals surface area contributed by atoms with E-state index in [4.69, 9.17) is 14.1 Å². The van der Waals surface area contributed by atoms with Gasteiger partial charge in [0.05, 0.1) is 37.1 Å². The molecule has 36 heavy (non-hydrogen) atoms. The first kappa shape index (κ1) is 25.3. The molecule has 0 spiro atoms. The van der Waals surface area contributed by atoms with Gasteiger partial charge in [-0.3, -0.25) is 14.6 Å². The van der Waals surface area contributed by atoms with Crippen LogP contribution >= 0.6 is 0 Å². The summed E-state index contributed by atoms with van der Waals surface area (Å²) in [6.07, 6.45) is 3.32. The minimum Gasteiger partial charge on any atom is -0.504 e. The van der Waals surface area contributed by atoms with Gasteiger partial charge in [-0.15, -0.1) is 0 Å². The molecule has 1 N–H and O–H groups in total. The van der Waals surface area contributed by atoms with Crippen LogP contribution in [0.3, 0.4) is 0 Å². The quantitative estimate of drug-likeness (QED) is 0.505. The van der Waals surface area contributed by atoms with Crippen molar-refractivity contribution in [2.45, 2.75) is 45.6 Å². The SMILES string of the molecule is CCOc1cc(CC(=O)N2CCC(c3nc(C)ccc3C(=O)N(C)Cc3ccco3)CC2)ccc1O. The molecule has 0 bridgehead atoms. The lowest BCUT2D eigenvalue weighted by Gasteiger charge is -2.33. The largest absolute Gasteiger partial charge is 0.504 e. The van der Waals surface area contributed by atoms with E-state index >= 15 is 0 Å². The number of benzene rings is 1. The summed E-state index contributed by atoms with van der Waals surface area (Å²) in [4.78, 5) is 34.5. The Morgan fingerprint density at radius 1 is 1.19 bits per heavy atom.